The second-order valence-electron chi connectivity index (χ2n) is 2.76. The lowest BCUT2D eigenvalue weighted by Gasteiger charge is -2.14. The molecule has 0 bridgehead atoms. The van der Waals surface area contributed by atoms with Crippen LogP contribution in [0.25, 0.3) is 0 Å². The smallest absolute Gasteiger partial charge is 0.383 e. The molecule has 1 heterocycles. The molecule has 6 heteroatoms. The Labute approximate surface area is 92.6 Å². The van der Waals surface area contributed by atoms with Crippen LogP contribution < -0.4 is 0 Å². The first-order valence-corrected chi connectivity index (χ1v) is 4.69. The minimum absolute atomic E-state index is 0.204. The van der Waals surface area contributed by atoms with Gasteiger partial charge in [-0.3, -0.25) is 4.98 Å². The Morgan fingerprint density at radius 1 is 1.53 bits per heavy atom. The minimum atomic E-state index is -4.55. The normalized spacial score (nSPS) is 13.7. The van der Waals surface area contributed by atoms with E-state index in [-0.39, 0.29) is 4.47 Å². The largest absolute Gasteiger partial charge is 0.418 e. The summed E-state index contributed by atoms with van der Waals surface area (Å²) in [5, 5.41) is 9.27. The summed E-state index contributed by atoms with van der Waals surface area (Å²) >= 11 is 2.89. The van der Waals surface area contributed by atoms with E-state index in [1.807, 2.05) is 0 Å². The SMILES string of the molecule is C=CC(O)c1ncc(Br)cc1C(F)(F)F. The molecule has 1 N–H and O–H groups in total. The Balaban J connectivity index is 3.33. The number of aromatic nitrogens is 1. The molecule has 2 nitrogen and oxygen atoms in total. The first-order chi connectivity index (χ1) is 6.86. The number of hydrogen-bond donors (Lipinski definition) is 1. The van der Waals surface area contributed by atoms with Gasteiger partial charge >= 0.3 is 6.18 Å². The number of alkyl halides is 3. The van der Waals surface area contributed by atoms with Crippen molar-refractivity contribution in [2.45, 2.75) is 12.3 Å². The maximum Gasteiger partial charge on any atom is 0.418 e. The van der Waals surface area contributed by atoms with Crippen LogP contribution in [-0.2, 0) is 6.18 Å². The van der Waals surface area contributed by atoms with E-state index in [0.717, 1.165) is 12.1 Å². The second kappa shape index (κ2) is 4.32. The van der Waals surface area contributed by atoms with Gasteiger partial charge in [0.2, 0.25) is 0 Å². The van der Waals surface area contributed by atoms with Gasteiger partial charge in [-0.05, 0) is 22.0 Å². The number of hydrogen-bond acceptors (Lipinski definition) is 2. The number of halogens is 4. The van der Waals surface area contributed by atoms with Gasteiger partial charge in [0.1, 0.15) is 6.10 Å². The molecule has 0 fully saturated rings. The van der Waals surface area contributed by atoms with Crippen molar-refractivity contribution < 1.29 is 18.3 Å². The van der Waals surface area contributed by atoms with Crippen LogP contribution in [0, 0.1) is 0 Å². The van der Waals surface area contributed by atoms with E-state index in [2.05, 4.69) is 27.5 Å². The van der Waals surface area contributed by atoms with Crippen LogP contribution >= 0.6 is 15.9 Å². The first kappa shape index (κ1) is 12.2. The van der Waals surface area contributed by atoms with Crippen molar-refractivity contribution in [3.8, 4) is 0 Å². The molecule has 82 valence electrons. The van der Waals surface area contributed by atoms with E-state index >= 15 is 0 Å². The highest BCUT2D eigenvalue weighted by Gasteiger charge is 2.35. The number of aliphatic hydroxyl groups is 1. The van der Waals surface area contributed by atoms with E-state index in [1.165, 1.54) is 6.20 Å². The van der Waals surface area contributed by atoms with Gasteiger partial charge in [0.25, 0.3) is 0 Å². The summed E-state index contributed by atoms with van der Waals surface area (Å²) in [6.45, 7) is 3.21. The minimum Gasteiger partial charge on any atom is -0.383 e. The average Bonchev–Trinajstić information content (AvgIpc) is 2.15. The molecule has 0 aromatic carbocycles. The van der Waals surface area contributed by atoms with Gasteiger partial charge in [0, 0.05) is 10.7 Å². The fraction of sp³-hybridized carbons (Fsp3) is 0.222. The highest BCUT2D eigenvalue weighted by atomic mass is 79.9. The zero-order chi connectivity index (χ0) is 11.6. The fourth-order valence-electron chi connectivity index (χ4n) is 1.02. The van der Waals surface area contributed by atoms with E-state index in [9.17, 15) is 18.3 Å². The monoisotopic (exact) mass is 281 g/mol. The zero-order valence-corrected chi connectivity index (χ0v) is 9.01. The molecule has 0 aliphatic rings. The van der Waals surface area contributed by atoms with Crippen molar-refractivity contribution in [1.82, 2.24) is 4.98 Å². The Kier molecular flexibility index (Phi) is 3.51. The van der Waals surface area contributed by atoms with Crippen LogP contribution in [0.3, 0.4) is 0 Å². The first-order valence-electron chi connectivity index (χ1n) is 3.89. The third kappa shape index (κ3) is 2.79. The third-order valence-electron chi connectivity index (χ3n) is 1.69. The van der Waals surface area contributed by atoms with Gasteiger partial charge in [0.05, 0.1) is 11.3 Å². The molecule has 1 aromatic heterocycles. The quantitative estimate of drug-likeness (QED) is 0.845. The predicted molar refractivity (Wildman–Crippen MR) is 52.1 cm³/mol. The van der Waals surface area contributed by atoms with Crippen molar-refractivity contribution in [3.05, 3.63) is 40.6 Å². The van der Waals surface area contributed by atoms with Gasteiger partial charge in [0.15, 0.2) is 0 Å². The lowest BCUT2D eigenvalue weighted by Crippen LogP contribution is -2.13. The summed E-state index contributed by atoms with van der Waals surface area (Å²) in [5.41, 5.74) is -1.41. The Morgan fingerprint density at radius 3 is 2.60 bits per heavy atom. The van der Waals surface area contributed by atoms with Crippen molar-refractivity contribution in [3.63, 3.8) is 0 Å². The topological polar surface area (TPSA) is 33.1 Å². The molecule has 15 heavy (non-hydrogen) atoms. The molecule has 0 aliphatic carbocycles. The van der Waals surface area contributed by atoms with E-state index in [0.29, 0.717) is 0 Å². The predicted octanol–water partition coefficient (Wildman–Crippen LogP) is 3.08. The van der Waals surface area contributed by atoms with Crippen molar-refractivity contribution >= 4 is 15.9 Å². The maximum atomic E-state index is 12.5. The number of rotatable bonds is 2. The van der Waals surface area contributed by atoms with Crippen LogP contribution in [0.15, 0.2) is 29.4 Å². The number of pyridine rings is 1. The summed E-state index contributed by atoms with van der Waals surface area (Å²) in [6.07, 6.45) is -3.78. The van der Waals surface area contributed by atoms with Gasteiger partial charge in [-0.15, -0.1) is 6.58 Å². The van der Waals surface area contributed by atoms with E-state index < -0.39 is 23.5 Å². The summed E-state index contributed by atoms with van der Waals surface area (Å²) in [5.74, 6) is 0. The number of nitrogens with zero attached hydrogens (tertiary/aromatic N) is 1. The fourth-order valence-corrected chi connectivity index (χ4v) is 1.36. The molecule has 1 unspecified atom stereocenters. The lowest BCUT2D eigenvalue weighted by atomic mass is 10.1. The molecule has 1 aromatic rings. The summed E-state index contributed by atoms with van der Waals surface area (Å²) in [6, 6.07) is 0.870. The molecular formula is C9H7BrF3NO. The molecule has 1 atom stereocenters. The Bertz CT molecular complexity index is 378. The molecular weight excluding hydrogens is 275 g/mol. The lowest BCUT2D eigenvalue weighted by molar-refractivity contribution is -0.139. The van der Waals surface area contributed by atoms with Crippen LogP contribution in [0.2, 0.25) is 0 Å². The molecule has 0 radical (unpaired) electrons. The van der Waals surface area contributed by atoms with Crippen LogP contribution in [0.5, 0.6) is 0 Å². The van der Waals surface area contributed by atoms with Gasteiger partial charge in [-0.25, -0.2) is 0 Å². The molecule has 0 aliphatic heterocycles. The van der Waals surface area contributed by atoms with Crippen molar-refractivity contribution in [2.24, 2.45) is 0 Å². The second-order valence-corrected chi connectivity index (χ2v) is 3.68. The molecule has 0 saturated carbocycles. The Hall–Kier alpha value is -0.880. The average molecular weight is 282 g/mol. The molecule has 0 amide bonds. The van der Waals surface area contributed by atoms with Crippen molar-refractivity contribution in [2.75, 3.05) is 0 Å². The maximum absolute atomic E-state index is 12.5. The summed E-state index contributed by atoms with van der Waals surface area (Å²) in [7, 11) is 0. The van der Waals surface area contributed by atoms with Crippen LogP contribution in [0.4, 0.5) is 13.2 Å². The zero-order valence-electron chi connectivity index (χ0n) is 7.42. The van der Waals surface area contributed by atoms with Gasteiger partial charge in [-0.1, -0.05) is 6.08 Å². The molecule has 0 spiro atoms. The molecule has 0 saturated heterocycles. The summed E-state index contributed by atoms with van der Waals surface area (Å²) in [4.78, 5) is 3.53. The standard InChI is InChI=1S/C9H7BrF3NO/c1-2-7(15)8-6(9(11,12)13)3-5(10)4-14-8/h2-4,7,15H,1H2. The van der Waals surface area contributed by atoms with Gasteiger partial charge < -0.3 is 5.11 Å². The Morgan fingerprint density at radius 2 is 2.13 bits per heavy atom. The van der Waals surface area contributed by atoms with Gasteiger partial charge in [-0.2, -0.15) is 13.2 Å². The van der Waals surface area contributed by atoms with Crippen molar-refractivity contribution in [1.29, 1.82) is 0 Å². The number of aliphatic hydroxyl groups excluding tert-OH is 1. The van der Waals surface area contributed by atoms with E-state index in [4.69, 9.17) is 0 Å². The van der Waals surface area contributed by atoms with Crippen LogP contribution in [0.1, 0.15) is 17.4 Å². The highest BCUT2D eigenvalue weighted by Crippen LogP contribution is 2.35. The molecule has 1 rings (SSSR count). The van der Waals surface area contributed by atoms with Crippen LogP contribution in [-0.4, -0.2) is 10.1 Å². The highest BCUT2D eigenvalue weighted by molar-refractivity contribution is 9.10. The van der Waals surface area contributed by atoms with E-state index in [1.54, 1.807) is 0 Å². The third-order valence-corrected chi connectivity index (χ3v) is 2.13. The summed E-state index contributed by atoms with van der Waals surface area (Å²) < 4.78 is 37.8.